The number of carbonyl (C=O) groups is 1. The molecule has 0 saturated carbocycles. The quantitative estimate of drug-likeness (QED) is 0.334. The van der Waals surface area contributed by atoms with Crippen molar-refractivity contribution in [3.63, 3.8) is 0 Å². The molecule has 3 aromatic rings. The molecule has 0 unspecified atom stereocenters. The smallest absolute Gasteiger partial charge is 0.243 e. The molecule has 0 radical (unpaired) electrons. The lowest BCUT2D eigenvalue weighted by Crippen LogP contribution is -2.50. The normalized spacial score (nSPS) is 15.2. The maximum absolute atomic E-state index is 13.3. The Labute approximate surface area is 219 Å². The Morgan fingerprint density at radius 3 is 2.32 bits per heavy atom. The molecule has 0 N–H and O–H groups in total. The average Bonchev–Trinajstić information content (AvgIpc) is 2.92. The van der Waals surface area contributed by atoms with Gasteiger partial charge in [-0.15, -0.1) is 0 Å². The lowest BCUT2D eigenvalue weighted by molar-refractivity contribution is -0.132. The monoisotopic (exact) mass is 525 g/mol. The molecule has 0 aromatic heterocycles. The van der Waals surface area contributed by atoms with Gasteiger partial charge in [0.05, 0.1) is 4.90 Å². The Bertz CT molecular complexity index is 1290. The van der Waals surface area contributed by atoms with Crippen molar-refractivity contribution in [1.82, 2.24) is 14.1 Å². The van der Waals surface area contributed by atoms with Gasteiger partial charge in [0.15, 0.2) is 0 Å². The number of unbranched alkanes of at least 4 members (excludes halogenated alkanes) is 2. The van der Waals surface area contributed by atoms with Gasteiger partial charge in [0.1, 0.15) is 5.82 Å². The highest BCUT2D eigenvalue weighted by Crippen LogP contribution is 2.23. The van der Waals surface area contributed by atoms with Crippen LogP contribution in [0.3, 0.4) is 0 Å². The van der Waals surface area contributed by atoms with Crippen LogP contribution >= 0.6 is 0 Å². The third-order valence-electron chi connectivity index (χ3n) is 7.01. The first-order chi connectivity index (χ1) is 17.9. The molecule has 8 heteroatoms. The summed E-state index contributed by atoms with van der Waals surface area (Å²) in [5.41, 5.74) is 0.900. The standard InChI is InChI=1S/C29H36FN3O3S/c1-2-3-4-9-29(34)32(23-24-10-13-27(30)14-11-24)19-16-31-17-20-33(21-18-31)37(35,36)28-15-12-25-7-5-6-8-26(25)22-28/h5-8,10-15,22H,2-4,9,16-21,23H2,1H3. The number of rotatable bonds is 11. The molecule has 0 spiro atoms. The van der Waals surface area contributed by atoms with Crippen LogP contribution in [0, 0.1) is 5.82 Å². The summed E-state index contributed by atoms with van der Waals surface area (Å²) in [6.07, 6.45) is 3.44. The molecule has 1 heterocycles. The molecule has 0 atom stereocenters. The van der Waals surface area contributed by atoms with E-state index in [0.717, 1.165) is 35.6 Å². The first-order valence-electron chi connectivity index (χ1n) is 13.1. The third-order valence-corrected chi connectivity index (χ3v) is 8.90. The Kier molecular flexibility index (Phi) is 9.29. The van der Waals surface area contributed by atoms with Crippen molar-refractivity contribution >= 4 is 26.7 Å². The van der Waals surface area contributed by atoms with Crippen LogP contribution in [-0.4, -0.2) is 67.7 Å². The number of fused-ring (bicyclic) bond motifs is 1. The highest BCUT2D eigenvalue weighted by atomic mass is 32.2. The fourth-order valence-electron chi connectivity index (χ4n) is 4.72. The Hall–Kier alpha value is -2.81. The molecule has 1 fully saturated rings. The number of amides is 1. The van der Waals surface area contributed by atoms with Crippen molar-refractivity contribution in [3.8, 4) is 0 Å². The van der Waals surface area contributed by atoms with Crippen LogP contribution in [0.4, 0.5) is 4.39 Å². The van der Waals surface area contributed by atoms with Gasteiger partial charge >= 0.3 is 0 Å². The zero-order valence-electron chi connectivity index (χ0n) is 21.5. The van der Waals surface area contributed by atoms with Gasteiger partial charge in [-0.3, -0.25) is 9.69 Å². The molecule has 37 heavy (non-hydrogen) atoms. The van der Waals surface area contributed by atoms with E-state index in [9.17, 15) is 17.6 Å². The second-order valence-corrected chi connectivity index (χ2v) is 11.6. The van der Waals surface area contributed by atoms with Gasteiger partial charge in [0.2, 0.25) is 15.9 Å². The summed E-state index contributed by atoms with van der Waals surface area (Å²) in [6, 6.07) is 19.3. The van der Waals surface area contributed by atoms with Crippen LogP contribution in [0.2, 0.25) is 0 Å². The maximum Gasteiger partial charge on any atom is 0.243 e. The number of halogens is 1. The molecule has 1 saturated heterocycles. The van der Waals surface area contributed by atoms with E-state index >= 15 is 0 Å². The van der Waals surface area contributed by atoms with Crippen molar-refractivity contribution in [2.45, 2.75) is 44.0 Å². The van der Waals surface area contributed by atoms with E-state index in [2.05, 4.69) is 11.8 Å². The topological polar surface area (TPSA) is 60.9 Å². The molecule has 4 rings (SSSR count). The minimum Gasteiger partial charge on any atom is -0.337 e. The molecule has 198 valence electrons. The van der Waals surface area contributed by atoms with Crippen molar-refractivity contribution in [2.24, 2.45) is 0 Å². The summed E-state index contributed by atoms with van der Waals surface area (Å²) in [6.45, 7) is 5.84. The van der Waals surface area contributed by atoms with Gasteiger partial charge in [0, 0.05) is 52.2 Å². The molecular formula is C29H36FN3O3S. The lowest BCUT2D eigenvalue weighted by Gasteiger charge is -2.35. The van der Waals surface area contributed by atoms with E-state index in [0.29, 0.717) is 57.1 Å². The summed E-state index contributed by atoms with van der Waals surface area (Å²) in [5, 5.41) is 1.92. The van der Waals surface area contributed by atoms with Gasteiger partial charge in [-0.1, -0.05) is 62.2 Å². The molecule has 1 aliphatic rings. The van der Waals surface area contributed by atoms with E-state index in [-0.39, 0.29) is 11.7 Å². The van der Waals surface area contributed by atoms with Crippen molar-refractivity contribution in [2.75, 3.05) is 39.3 Å². The zero-order valence-corrected chi connectivity index (χ0v) is 22.3. The average molecular weight is 526 g/mol. The summed E-state index contributed by atoms with van der Waals surface area (Å²) in [7, 11) is -3.57. The minimum atomic E-state index is -3.57. The SMILES string of the molecule is CCCCCC(=O)N(CCN1CCN(S(=O)(=O)c2ccc3ccccc3c2)CC1)Cc1ccc(F)cc1. The fourth-order valence-corrected chi connectivity index (χ4v) is 6.18. The van der Waals surface area contributed by atoms with Crippen molar-refractivity contribution < 1.29 is 17.6 Å². The van der Waals surface area contributed by atoms with E-state index in [1.807, 2.05) is 35.2 Å². The van der Waals surface area contributed by atoms with Crippen LogP contribution in [-0.2, 0) is 21.4 Å². The highest BCUT2D eigenvalue weighted by molar-refractivity contribution is 7.89. The molecule has 0 aliphatic carbocycles. The summed E-state index contributed by atoms with van der Waals surface area (Å²) < 4.78 is 41.4. The van der Waals surface area contributed by atoms with Gasteiger partial charge in [-0.05, 0) is 47.0 Å². The Morgan fingerprint density at radius 1 is 0.919 bits per heavy atom. The van der Waals surface area contributed by atoms with E-state index < -0.39 is 10.0 Å². The summed E-state index contributed by atoms with van der Waals surface area (Å²) in [4.78, 5) is 17.3. The van der Waals surface area contributed by atoms with Crippen LogP contribution < -0.4 is 0 Å². The second-order valence-electron chi connectivity index (χ2n) is 9.65. The largest absolute Gasteiger partial charge is 0.337 e. The number of sulfonamides is 1. The third kappa shape index (κ3) is 7.15. The Balaban J connectivity index is 1.34. The molecule has 0 bridgehead atoms. The predicted octanol–water partition coefficient (Wildman–Crippen LogP) is 4.89. The van der Waals surface area contributed by atoms with E-state index in [1.54, 1.807) is 28.6 Å². The van der Waals surface area contributed by atoms with Crippen LogP contribution in [0.25, 0.3) is 10.8 Å². The minimum absolute atomic E-state index is 0.107. The van der Waals surface area contributed by atoms with Gasteiger partial charge < -0.3 is 4.90 Å². The summed E-state index contributed by atoms with van der Waals surface area (Å²) >= 11 is 0. The number of nitrogens with zero attached hydrogens (tertiary/aromatic N) is 3. The predicted molar refractivity (Wildman–Crippen MR) is 145 cm³/mol. The summed E-state index contributed by atoms with van der Waals surface area (Å²) in [5.74, 6) is -0.184. The molecule has 1 amide bonds. The van der Waals surface area contributed by atoms with Crippen LogP contribution in [0.15, 0.2) is 71.6 Å². The first kappa shape index (κ1) is 27.2. The van der Waals surface area contributed by atoms with Gasteiger partial charge in [-0.25, -0.2) is 12.8 Å². The number of hydrogen-bond acceptors (Lipinski definition) is 4. The molecule has 1 aliphatic heterocycles. The highest BCUT2D eigenvalue weighted by Gasteiger charge is 2.29. The van der Waals surface area contributed by atoms with E-state index in [4.69, 9.17) is 0 Å². The zero-order chi connectivity index (χ0) is 26.3. The molecule has 6 nitrogen and oxygen atoms in total. The van der Waals surface area contributed by atoms with Crippen LogP contribution in [0.5, 0.6) is 0 Å². The number of carbonyl (C=O) groups excluding carboxylic acids is 1. The van der Waals surface area contributed by atoms with Crippen LogP contribution in [0.1, 0.15) is 38.2 Å². The second kappa shape index (κ2) is 12.6. The molecular weight excluding hydrogens is 489 g/mol. The first-order valence-corrected chi connectivity index (χ1v) is 14.5. The number of hydrogen-bond donors (Lipinski definition) is 0. The lowest BCUT2D eigenvalue weighted by atomic mass is 10.1. The fraction of sp³-hybridized carbons (Fsp3) is 0.414. The number of benzene rings is 3. The molecule has 3 aromatic carbocycles. The maximum atomic E-state index is 13.3. The number of piperazine rings is 1. The van der Waals surface area contributed by atoms with Crippen molar-refractivity contribution in [3.05, 3.63) is 78.1 Å². The van der Waals surface area contributed by atoms with Gasteiger partial charge in [0.25, 0.3) is 0 Å². The Morgan fingerprint density at radius 2 is 1.62 bits per heavy atom. The van der Waals surface area contributed by atoms with E-state index in [1.165, 1.54) is 12.1 Å². The van der Waals surface area contributed by atoms with Gasteiger partial charge in [-0.2, -0.15) is 4.31 Å². The van der Waals surface area contributed by atoms with Crippen molar-refractivity contribution in [1.29, 1.82) is 0 Å².